The summed E-state index contributed by atoms with van der Waals surface area (Å²) in [6.07, 6.45) is 5.29. The number of aromatic nitrogens is 4. The van der Waals surface area contributed by atoms with E-state index in [9.17, 15) is 9.50 Å². The summed E-state index contributed by atoms with van der Waals surface area (Å²) in [5.74, 6) is 0.388. The van der Waals surface area contributed by atoms with Crippen molar-refractivity contribution >= 4 is 23.3 Å². The van der Waals surface area contributed by atoms with E-state index in [1.165, 1.54) is 6.33 Å². The third-order valence-electron chi connectivity index (χ3n) is 8.41. The lowest BCUT2D eigenvalue weighted by Crippen LogP contribution is -2.47. The number of aliphatic hydroxyl groups is 1. The van der Waals surface area contributed by atoms with Gasteiger partial charge in [-0.1, -0.05) is 72.8 Å². The van der Waals surface area contributed by atoms with E-state index in [0.717, 1.165) is 22.4 Å². The summed E-state index contributed by atoms with van der Waals surface area (Å²) >= 11 is 0. The number of halogens is 1. The number of rotatable bonds is 11. The molecule has 2 aromatic heterocycles. The molecule has 0 unspecified atom stereocenters. The fourth-order valence-electron chi connectivity index (χ4n) is 6.23. The Labute approximate surface area is 261 Å². The minimum atomic E-state index is -1.01. The molecular weight excluding hydrogens is 571 g/mol. The second-order valence-electron chi connectivity index (χ2n) is 11.2. The second kappa shape index (κ2) is 13.0. The van der Waals surface area contributed by atoms with E-state index in [1.807, 2.05) is 104 Å². The van der Waals surface area contributed by atoms with Gasteiger partial charge in [-0.3, -0.25) is 0 Å². The van der Waals surface area contributed by atoms with E-state index in [0.29, 0.717) is 28.9 Å². The molecule has 230 valence electrons. The van der Waals surface area contributed by atoms with Crippen LogP contribution < -0.4 is 4.74 Å². The van der Waals surface area contributed by atoms with Gasteiger partial charge in [0.15, 0.2) is 17.0 Å². The molecule has 5 aromatic rings. The molecule has 1 aliphatic rings. The lowest BCUT2D eigenvalue weighted by atomic mass is 9.65. The maximum absolute atomic E-state index is 14.5. The zero-order valence-corrected chi connectivity index (χ0v) is 25.4. The monoisotopic (exact) mass is 606 g/mol. The predicted molar refractivity (Wildman–Crippen MR) is 171 cm³/mol. The third kappa shape index (κ3) is 5.47. The molecule has 45 heavy (non-hydrogen) atoms. The molecule has 1 N–H and O–H groups in total. The molecule has 10 heteroatoms. The number of aliphatic imine (C=N–C) groups is 1. The van der Waals surface area contributed by atoms with E-state index in [4.69, 9.17) is 9.47 Å². The van der Waals surface area contributed by atoms with Crippen LogP contribution in [-0.4, -0.2) is 70.3 Å². The van der Waals surface area contributed by atoms with Gasteiger partial charge in [-0.05, 0) is 34.4 Å². The Hall–Kier alpha value is -4.93. The fraction of sp³-hybridized carbons (Fsp3) is 0.257. The van der Waals surface area contributed by atoms with E-state index in [-0.39, 0.29) is 19.1 Å². The van der Waals surface area contributed by atoms with Crippen LogP contribution in [0, 0.1) is 11.8 Å². The van der Waals surface area contributed by atoms with E-state index in [2.05, 4.69) is 19.9 Å². The molecule has 3 atom stereocenters. The highest BCUT2D eigenvalue weighted by atomic mass is 19.1. The number of benzene rings is 3. The van der Waals surface area contributed by atoms with Crippen molar-refractivity contribution in [1.82, 2.24) is 24.4 Å². The zero-order valence-electron chi connectivity index (χ0n) is 25.4. The van der Waals surface area contributed by atoms with E-state index < -0.39 is 17.6 Å². The van der Waals surface area contributed by atoms with Crippen molar-refractivity contribution in [1.29, 1.82) is 0 Å². The van der Waals surface area contributed by atoms with Gasteiger partial charge in [0, 0.05) is 25.9 Å². The summed E-state index contributed by atoms with van der Waals surface area (Å²) in [7, 11) is 5.37. The molecule has 0 aliphatic heterocycles. The van der Waals surface area contributed by atoms with Gasteiger partial charge in [-0.2, -0.15) is 0 Å². The van der Waals surface area contributed by atoms with Gasteiger partial charge >= 0.3 is 0 Å². The summed E-state index contributed by atoms with van der Waals surface area (Å²) in [6.45, 7) is -0.0358. The molecular formula is C35H35FN6O3. The van der Waals surface area contributed by atoms with Crippen molar-refractivity contribution in [3.8, 4) is 5.75 Å². The van der Waals surface area contributed by atoms with Crippen molar-refractivity contribution in [2.24, 2.45) is 16.8 Å². The number of hydrogen-bond donors (Lipinski definition) is 1. The van der Waals surface area contributed by atoms with Gasteiger partial charge in [0.2, 0.25) is 0 Å². The molecule has 1 fully saturated rings. The summed E-state index contributed by atoms with van der Waals surface area (Å²) in [5.41, 5.74) is 3.24. The first-order chi connectivity index (χ1) is 22.0. The largest absolute Gasteiger partial charge is 0.497 e. The van der Waals surface area contributed by atoms with Crippen molar-refractivity contribution in [3.63, 3.8) is 0 Å². The van der Waals surface area contributed by atoms with Crippen LogP contribution >= 0.6 is 0 Å². The fourth-order valence-corrected chi connectivity index (χ4v) is 6.23. The number of methoxy groups -OCH3 is 1. The van der Waals surface area contributed by atoms with Crippen molar-refractivity contribution in [2.45, 2.75) is 11.6 Å². The zero-order chi connectivity index (χ0) is 31.4. The summed E-state index contributed by atoms with van der Waals surface area (Å²) in [4.78, 5) is 19.6. The second-order valence-corrected chi connectivity index (χ2v) is 11.2. The quantitative estimate of drug-likeness (QED) is 0.117. The first kappa shape index (κ1) is 30.1. The van der Waals surface area contributed by atoms with E-state index >= 15 is 0 Å². The average molecular weight is 607 g/mol. The predicted octanol–water partition coefficient (Wildman–Crippen LogP) is 5.70. The number of fused-ring (bicyclic) bond motifs is 1. The number of aliphatic hydroxyl groups excluding tert-OH is 1. The van der Waals surface area contributed by atoms with Crippen LogP contribution in [0.3, 0.4) is 0 Å². The van der Waals surface area contributed by atoms with Crippen LogP contribution in [0.15, 0.2) is 114 Å². The molecule has 1 aliphatic carbocycles. The molecule has 0 radical (unpaired) electrons. The van der Waals surface area contributed by atoms with Gasteiger partial charge in [0.25, 0.3) is 0 Å². The van der Waals surface area contributed by atoms with E-state index in [1.54, 1.807) is 24.7 Å². The smallest absolute Gasteiger partial charge is 0.184 e. The van der Waals surface area contributed by atoms with Gasteiger partial charge < -0.3 is 24.0 Å². The number of imidazole rings is 1. The number of hydrogen-bond acceptors (Lipinski definition) is 7. The number of ether oxygens (including phenoxy) is 2. The van der Waals surface area contributed by atoms with Crippen LogP contribution in [0.5, 0.6) is 5.75 Å². The molecule has 9 nitrogen and oxygen atoms in total. The Morgan fingerprint density at radius 2 is 1.58 bits per heavy atom. The standard InChI is InChI=1S/C35H35FN6O3/c1-41(2)22-40-33-31-34(38-21-37-33)42(23-39-31)32-28(18-36)29(19-43)30(32)20-45-35(24-10-6-4-7-11-24,25-12-8-5-9-13-25)26-14-16-27(44-3)17-15-26/h4-18,21-23,29-30,32,43H,19-20H2,1-3H3/b28-18+,40-22-/t29-,30+,32+/m1/s1. The highest BCUT2D eigenvalue weighted by Crippen LogP contribution is 2.52. The average Bonchev–Trinajstić information content (AvgIpc) is 3.50. The molecule has 6 rings (SSSR count). The highest BCUT2D eigenvalue weighted by molar-refractivity contribution is 5.83. The Balaban J connectivity index is 1.44. The minimum absolute atomic E-state index is 0.194. The summed E-state index contributed by atoms with van der Waals surface area (Å²) in [6, 6.07) is 27.4. The Kier molecular flexibility index (Phi) is 8.68. The minimum Gasteiger partial charge on any atom is -0.497 e. The first-order valence-electron chi connectivity index (χ1n) is 14.7. The lowest BCUT2D eigenvalue weighted by Gasteiger charge is -2.48. The SMILES string of the molecule is COc1ccc(C(OC[C@H]2[C@H](CO)/C(=C\F)[C@@H]2n2cnc3c(/N=C\N(C)C)ncnc32)(c2ccccc2)c2ccccc2)cc1. The van der Waals surface area contributed by atoms with Crippen molar-refractivity contribution in [2.75, 3.05) is 34.4 Å². The van der Waals surface area contributed by atoms with Gasteiger partial charge in [0.1, 0.15) is 17.7 Å². The molecule has 2 heterocycles. The highest BCUT2D eigenvalue weighted by Gasteiger charge is 2.49. The Morgan fingerprint density at radius 3 is 2.16 bits per heavy atom. The van der Waals surface area contributed by atoms with Crippen LogP contribution in [-0.2, 0) is 10.3 Å². The van der Waals surface area contributed by atoms with Crippen LogP contribution in [0.1, 0.15) is 22.7 Å². The Bertz CT molecular complexity index is 1750. The molecule has 0 spiro atoms. The molecule has 0 saturated heterocycles. The normalized spacial score (nSPS) is 19.2. The first-order valence-corrected chi connectivity index (χ1v) is 14.7. The molecule has 0 bridgehead atoms. The molecule has 1 saturated carbocycles. The van der Waals surface area contributed by atoms with Crippen LogP contribution in [0.4, 0.5) is 10.2 Å². The van der Waals surface area contributed by atoms with Gasteiger partial charge in [0.05, 0.1) is 45.4 Å². The molecule has 0 amide bonds. The maximum atomic E-state index is 14.5. The topological polar surface area (TPSA) is 97.9 Å². The summed E-state index contributed by atoms with van der Waals surface area (Å²) < 4.78 is 28.9. The van der Waals surface area contributed by atoms with Gasteiger partial charge in [-0.25, -0.2) is 24.3 Å². The van der Waals surface area contributed by atoms with Crippen LogP contribution in [0.25, 0.3) is 11.2 Å². The van der Waals surface area contributed by atoms with Crippen LogP contribution in [0.2, 0.25) is 0 Å². The lowest BCUT2D eigenvalue weighted by molar-refractivity contribution is -0.0510. The third-order valence-corrected chi connectivity index (χ3v) is 8.41. The van der Waals surface area contributed by atoms with Gasteiger partial charge in [-0.15, -0.1) is 0 Å². The maximum Gasteiger partial charge on any atom is 0.184 e. The Morgan fingerprint density at radius 1 is 0.933 bits per heavy atom. The number of nitrogens with zero attached hydrogens (tertiary/aromatic N) is 6. The van der Waals surface area contributed by atoms with Crippen molar-refractivity contribution < 1.29 is 19.0 Å². The van der Waals surface area contributed by atoms with Crippen molar-refractivity contribution in [3.05, 3.63) is 126 Å². The molecule has 3 aromatic carbocycles. The summed E-state index contributed by atoms with van der Waals surface area (Å²) in [5, 5.41) is 10.4.